The molecule has 0 saturated heterocycles. The Morgan fingerprint density at radius 1 is 0.423 bits per heavy atom. The van der Waals surface area contributed by atoms with E-state index in [9.17, 15) is 0 Å². The second-order valence-electron chi connectivity index (χ2n) is 9.13. The maximum atomic E-state index is 2.42. The summed E-state index contributed by atoms with van der Waals surface area (Å²) in [6.07, 6.45) is 2.25. The van der Waals surface area contributed by atoms with E-state index in [4.69, 9.17) is 0 Å². The highest BCUT2D eigenvalue weighted by molar-refractivity contribution is 5.36. The van der Waals surface area contributed by atoms with Gasteiger partial charge in [0.15, 0.2) is 0 Å². The SMILES string of the molecule is CC(C)c1cc(CCc2cc(C(C)C)cc(C(C)C)c2)cc(C(C)C)c1. The van der Waals surface area contributed by atoms with Crippen molar-refractivity contribution in [2.24, 2.45) is 0 Å². The van der Waals surface area contributed by atoms with Crippen molar-refractivity contribution in [3.05, 3.63) is 69.8 Å². The van der Waals surface area contributed by atoms with Gasteiger partial charge >= 0.3 is 0 Å². The van der Waals surface area contributed by atoms with Gasteiger partial charge in [-0.3, -0.25) is 0 Å². The van der Waals surface area contributed by atoms with Crippen molar-refractivity contribution in [2.75, 3.05) is 0 Å². The Hall–Kier alpha value is -1.56. The first-order valence-electron chi connectivity index (χ1n) is 10.4. The normalized spacial score (nSPS) is 12.0. The Bertz CT molecular complexity index is 601. The van der Waals surface area contributed by atoms with Gasteiger partial charge in [0.25, 0.3) is 0 Å². The lowest BCUT2D eigenvalue weighted by Crippen LogP contribution is -2.01. The van der Waals surface area contributed by atoms with Gasteiger partial charge in [0, 0.05) is 0 Å². The van der Waals surface area contributed by atoms with Gasteiger partial charge in [0.2, 0.25) is 0 Å². The van der Waals surface area contributed by atoms with Crippen molar-refractivity contribution in [3.8, 4) is 0 Å². The predicted octanol–water partition coefficient (Wildman–Crippen LogP) is 7.97. The highest BCUT2D eigenvalue weighted by Crippen LogP contribution is 2.26. The average Bonchev–Trinajstić information content (AvgIpc) is 2.59. The first-order valence-corrected chi connectivity index (χ1v) is 10.4. The monoisotopic (exact) mass is 350 g/mol. The number of hydrogen-bond acceptors (Lipinski definition) is 0. The summed E-state index contributed by atoms with van der Waals surface area (Å²) in [5, 5.41) is 0. The Morgan fingerprint density at radius 2 is 0.654 bits per heavy atom. The highest BCUT2D eigenvalue weighted by Gasteiger charge is 2.10. The van der Waals surface area contributed by atoms with E-state index < -0.39 is 0 Å². The standard InChI is InChI=1S/C26H38/c1-17(2)23-11-21(12-24(15-23)18(3)4)9-10-22-13-25(19(5)6)16-26(14-22)20(7)8/h11-20H,9-10H2,1-8H3. The van der Waals surface area contributed by atoms with Gasteiger partial charge in [-0.25, -0.2) is 0 Å². The van der Waals surface area contributed by atoms with Crippen LogP contribution in [0.4, 0.5) is 0 Å². The second-order valence-corrected chi connectivity index (χ2v) is 9.13. The lowest BCUT2D eigenvalue weighted by atomic mass is 9.89. The molecule has 0 fully saturated rings. The number of aryl methyl sites for hydroxylation is 2. The van der Waals surface area contributed by atoms with Gasteiger partial charge in [0.05, 0.1) is 0 Å². The fourth-order valence-corrected chi connectivity index (χ4v) is 3.40. The molecule has 26 heavy (non-hydrogen) atoms. The van der Waals surface area contributed by atoms with Crippen molar-refractivity contribution in [3.63, 3.8) is 0 Å². The summed E-state index contributed by atoms with van der Waals surface area (Å²) in [6, 6.07) is 14.5. The predicted molar refractivity (Wildman–Crippen MR) is 117 cm³/mol. The molecule has 0 aliphatic heterocycles. The lowest BCUT2D eigenvalue weighted by Gasteiger charge is -2.16. The summed E-state index contributed by atoms with van der Waals surface area (Å²) in [7, 11) is 0. The molecule has 0 aromatic heterocycles. The van der Waals surface area contributed by atoms with E-state index in [2.05, 4.69) is 91.8 Å². The highest BCUT2D eigenvalue weighted by atomic mass is 14.2. The van der Waals surface area contributed by atoms with Crippen LogP contribution in [0.3, 0.4) is 0 Å². The molecule has 0 aliphatic rings. The molecule has 0 bridgehead atoms. The molecule has 0 saturated carbocycles. The van der Waals surface area contributed by atoms with Crippen LogP contribution in [-0.2, 0) is 12.8 Å². The summed E-state index contributed by atoms with van der Waals surface area (Å²) in [4.78, 5) is 0. The third-order valence-corrected chi connectivity index (χ3v) is 5.44. The lowest BCUT2D eigenvalue weighted by molar-refractivity contribution is 0.814. The van der Waals surface area contributed by atoms with E-state index >= 15 is 0 Å². The second kappa shape index (κ2) is 8.89. The fraction of sp³-hybridized carbons (Fsp3) is 0.538. The maximum Gasteiger partial charge on any atom is -0.0219 e. The van der Waals surface area contributed by atoms with Crippen LogP contribution in [0.1, 0.15) is 112 Å². The van der Waals surface area contributed by atoms with Crippen LogP contribution < -0.4 is 0 Å². The molecule has 0 radical (unpaired) electrons. The minimum absolute atomic E-state index is 0.587. The summed E-state index contributed by atoms with van der Waals surface area (Å²) < 4.78 is 0. The summed E-state index contributed by atoms with van der Waals surface area (Å²) in [6.45, 7) is 18.4. The van der Waals surface area contributed by atoms with Crippen LogP contribution in [0.2, 0.25) is 0 Å². The van der Waals surface area contributed by atoms with E-state index in [0.717, 1.165) is 12.8 Å². The Labute approximate surface area is 162 Å². The van der Waals surface area contributed by atoms with Crippen LogP contribution in [-0.4, -0.2) is 0 Å². The van der Waals surface area contributed by atoms with Gasteiger partial charge in [-0.15, -0.1) is 0 Å². The van der Waals surface area contributed by atoms with Crippen LogP contribution in [0.5, 0.6) is 0 Å². The fourth-order valence-electron chi connectivity index (χ4n) is 3.40. The maximum absolute atomic E-state index is 2.42. The molecule has 0 heteroatoms. The van der Waals surface area contributed by atoms with Crippen molar-refractivity contribution in [1.29, 1.82) is 0 Å². The van der Waals surface area contributed by atoms with Crippen LogP contribution in [0.15, 0.2) is 36.4 Å². The molecule has 0 amide bonds. The van der Waals surface area contributed by atoms with Gasteiger partial charge in [-0.1, -0.05) is 91.8 Å². The van der Waals surface area contributed by atoms with Gasteiger partial charge in [-0.2, -0.15) is 0 Å². The first kappa shape index (κ1) is 20.7. The van der Waals surface area contributed by atoms with Crippen molar-refractivity contribution >= 4 is 0 Å². The van der Waals surface area contributed by atoms with Crippen LogP contribution in [0.25, 0.3) is 0 Å². The molecular formula is C26H38. The topological polar surface area (TPSA) is 0 Å². The van der Waals surface area contributed by atoms with Gasteiger partial charge in [0.1, 0.15) is 0 Å². The Balaban J connectivity index is 2.28. The molecule has 0 spiro atoms. The van der Waals surface area contributed by atoms with E-state index in [1.165, 1.54) is 33.4 Å². The molecular weight excluding hydrogens is 312 g/mol. The molecule has 0 unspecified atom stereocenters. The molecule has 2 aromatic carbocycles. The van der Waals surface area contributed by atoms with E-state index in [0.29, 0.717) is 23.7 Å². The van der Waals surface area contributed by atoms with Crippen molar-refractivity contribution < 1.29 is 0 Å². The molecule has 0 atom stereocenters. The molecule has 0 heterocycles. The zero-order valence-corrected chi connectivity index (χ0v) is 18.2. The van der Waals surface area contributed by atoms with E-state index in [-0.39, 0.29) is 0 Å². The molecule has 2 rings (SSSR count). The zero-order chi connectivity index (χ0) is 19.4. The third kappa shape index (κ3) is 5.47. The Morgan fingerprint density at radius 3 is 0.846 bits per heavy atom. The largest absolute Gasteiger partial charge is 0.0587 e. The van der Waals surface area contributed by atoms with Gasteiger partial charge < -0.3 is 0 Å². The quantitative estimate of drug-likeness (QED) is 0.475. The number of rotatable bonds is 7. The van der Waals surface area contributed by atoms with Crippen LogP contribution in [0, 0.1) is 0 Å². The van der Waals surface area contributed by atoms with E-state index in [1.807, 2.05) is 0 Å². The Kier molecular flexibility index (Phi) is 7.09. The van der Waals surface area contributed by atoms with Crippen molar-refractivity contribution in [1.82, 2.24) is 0 Å². The summed E-state index contributed by atoms with van der Waals surface area (Å²) in [5.41, 5.74) is 8.88. The smallest absolute Gasteiger partial charge is 0.0219 e. The summed E-state index contributed by atoms with van der Waals surface area (Å²) in [5.74, 6) is 2.35. The number of hydrogen-bond donors (Lipinski definition) is 0. The molecule has 142 valence electrons. The van der Waals surface area contributed by atoms with E-state index in [1.54, 1.807) is 0 Å². The molecule has 2 aromatic rings. The van der Waals surface area contributed by atoms with Crippen molar-refractivity contribution in [2.45, 2.75) is 91.9 Å². The third-order valence-electron chi connectivity index (χ3n) is 5.44. The zero-order valence-electron chi connectivity index (χ0n) is 18.2. The first-order chi connectivity index (χ1) is 12.2. The minimum atomic E-state index is 0.587. The molecule has 0 N–H and O–H groups in total. The minimum Gasteiger partial charge on any atom is -0.0587 e. The summed E-state index contributed by atoms with van der Waals surface area (Å²) >= 11 is 0. The van der Waals surface area contributed by atoms with Gasteiger partial charge in [-0.05, 0) is 69.9 Å². The van der Waals surface area contributed by atoms with Crippen LogP contribution >= 0.6 is 0 Å². The molecule has 0 nitrogen and oxygen atoms in total. The average molecular weight is 351 g/mol. The number of benzene rings is 2. The molecule has 0 aliphatic carbocycles.